The summed E-state index contributed by atoms with van der Waals surface area (Å²) in [6.07, 6.45) is 6.28. The van der Waals surface area contributed by atoms with Crippen LogP contribution in [-0.4, -0.2) is 41.8 Å². The molecule has 24 heavy (non-hydrogen) atoms. The molecule has 1 aliphatic rings. The van der Waals surface area contributed by atoms with Crippen LogP contribution in [0.2, 0.25) is 0 Å². The lowest BCUT2D eigenvalue weighted by atomic mass is 9.95. The maximum absolute atomic E-state index is 5.41. The van der Waals surface area contributed by atoms with Gasteiger partial charge in [-0.05, 0) is 43.6 Å². The number of aromatic nitrogens is 2. The highest BCUT2D eigenvalue weighted by Gasteiger charge is 2.23. The Kier molecular flexibility index (Phi) is 5.53. The van der Waals surface area contributed by atoms with Crippen molar-refractivity contribution in [1.29, 1.82) is 0 Å². The van der Waals surface area contributed by atoms with E-state index >= 15 is 0 Å². The molecule has 0 saturated carbocycles. The van der Waals surface area contributed by atoms with E-state index in [9.17, 15) is 0 Å². The average molecular weight is 329 g/mol. The summed E-state index contributed by atoms with van der Waals surface area (Å²) in [6, 6.07) is 6.40. The van der Waals surface area contributed by atoms with E-state index < -0.39 is 0 Å². The highest BCUT2D eigenvalue weighted by atomic mass is 16.5. The molecule has 5 nitrogen and oxygen atoms in total. The molecule has 2 heterocycles. The predicted molar refractivity (Wildman–Crippen MR) is 94.2 cm³/mol. The van der Waals surface area contributed by atoms with Gasteiger partial charge in [0.1, 0.15) is 11.6 Å². The van der Waals surface area contributed by atoms with Crippen LogP contribution in [0.15, 0.2) is 30.6 Å². The first kappa shape index (κ1) is 17.0. The van der Waals surface area contributed by atoms with Crippen molar-refractivity contribution in [2.75, 3.05) is 27.3 Å². The summed E-state index contributed by atoms with van der Waals surface area (Å²) in [7, 11) is 5.51. The summed E-state index contributed by atoms with van der Waals surface area (Å²) in [5.74, 6) is 2.71. The fraction of sp³-hybridized carbons (Fsp3) is 0.526. The van der Waals surface area contributed by atoms with Gasteiger partial charge in [-0.2, -0.15) is 0 Å². The number of rotatable bonds is 6. The van der Waals surface area contributed by atoms with E-state index in [0.717, 1.165) is 30.9 Å². The molecule has 3 rings (SSSR count). The zero-order valence-corrected chi connectivity index (χ0v) is 14.9. The first-order chi connectivity index (χ1) is 11.7. The standard InChI is InChI=1S/C19H27N3O2/c1-21-11-8-20-19(21)16-6-9-22(10-7-16)13-15-4-5-18(24-3)17(12-15)14-23-2/h4-5,8,11-12,16H,6-7,9-10,13-14H2,1-3H3. The van der Waals surface area contributed by atoms with Crippen molar-refractivity contribution >= 4 is 0 Å². The summed E-state index contributed by atoms with van der Waals surface area (Å²) >= 11 is 0. The summed E-state index contributed by atoms with van der Waals surface area (Å²) in [4.78, 5) is 7.04. The van der Waals surface area contributed by atoms with Crippen LogP contribution in [0.4, 0.5) is 0 Å². The Morgan fingerprint density at radius 1 is 1.21 bits per heavy atom. The maximum atomic E-state index is 5.41. The molecule has 0 aliphatic carbocycles. The van der Waals surface area contributed by atoms with E-state index in [-0.39, 0.29) is 0 Å². The molecule has 0 amide bonds. The lowest BCUT2D eigenvalue weighted by Gasteiger charge is -2.31. The second-order valence-electron chi connectivity index (χ2n) is 6.53. The second kappa shape index (κ2) is 7.81. The van der Waals surface area contributed by atoms with Crippen molar-refractivity contribution < 1.29 is 9.47 Å². The zero-order valence-electron chi connectivity index (χ0n) is 14.9. The monoisotopic (exact) mass is 329 g/mol. The van der Waals surface area contributed by atoms with Gasteiger partial charge in [-0.3, -0.25) is 4.90 Å². The number of piperidine rings is 1. The van der Waals surface area contributed by atoms with Crippen LogP contribution >= 0.6 is 0 Å². The Bertz CT molecular complexity index is 660. The summed E-state index contributed by atoms with van der Waals surface area (Å²) < 4.78 is 12.8. The van der Waals surface area contributed by atoms with Crippen LogP contribution in [-0.2, 0) is 24.9 Å². The molecule has 0 atom stereocenters. The normalized spacial score (nSPS) is 16.5. The molecule has 0 radical (unpaired) electrons. The van der Waals surface area contributed by atoms with Crippen molar-refractivity contribution in [2.24, 2.45) is 7.05 Å². The Labute approximate surface area is 144 Å². The van der Waals surface area contributed by atoms with Gasteiger partial charge in [-0.15, -0.1) is 0 Å². The van der Waals surface area contributed by atoms with Gasteiger partial charge in [0.25, 0.3) is 0 Å². The smallest absolute Gasteiger partial charge is 0.124 e. The number of hydrogen-bond acceptors (Lipinski definition) is 4. The Morgan fingerprint density at radius 3 is 2.62 bits per heavy atom. The topological polar surface area (TPSA) is 39.5 Å². The van der Waals surface area contributed by atoms with Gasteiger partial charge in [-0.25, -0.2) is 4.98 Å². The van der Waals surface area contributed by atoms with Crippen molar-refractivity contribution in [2.45, 2.75) is 31.9 Å². The minimum absolute atomic E-state index is 0.582. The molecule has 2 aromatic rings. The Morgan fingerprint density at radius 2 is 2.00 bits per heavy atom. The van der Waals surface area contributed by atoms with E-state index in [1.807, 2.05) is 18.5 Å². The minimum Gasteiger partial charge on any atom is -0.496 e. The molecule has 1 aromatic heterocycles. The van der Waals surface area contributed by atoms with E-state index in [1.165, 1.54) is 24.2 Å². The van der Waals surface area contributed by atoms with Crippen LogP contribution in [0.3, 0.4) is 0 Å². The third-order valence-corrected chi connectivity index (χ3v) is 4.86. The lowest BCUT2D eigenvalue weighted by molar-refractivity contribution is 0.181. The molecule has 1 aliphatic heterocycles. The fourth-order valence-corrected chi connectivity index (χ4v) is 3.58. The SMILES string of the molecule is COCc1cc(CN2CCC(c3nccn3C)CC2)ccc1OC. The molecule has 130 valence electrons. The van der Waals surface area contributed by atoms with E-state index in [4.69, 9.17) is 9.47 Å². The quantitative estimate of drug-likeness (QED) is 0.817. The van der Waals surface area contributed by atoms with Gasteiger partial charge in [-0.1, -0.05) is 6.07 Å². The van der Waals surface area contributed by atoms with Gasteiger partial charge in [0, 0.05) is 44.6 Å². The molecular weight excluding hydrogens is 302 g/mol. The molecule has 1 fully saturated rings. The summed E-state index contributed by atoms with van der Waals surface area (Å²) in [6.45, 7) is 3.79. The zero-order chi connectivity index (χ0) is 16.9. The van der Waals surface area contributed by atoms with Crippen LogP contribution in [0.25, 0.3) is 0 Å². The second-order valence-corrected chi connectivity index (χ2v) is 6.53. The third kappa shape index (κ3) is 3.79. The van der Waals surface area contributed by atoms with E-state index in [0.29, 0.717) is 12.5 Å². The fourth-order valence-electron chi connectivity index (χ4n) is 3.58. The van der Waals surface area contributed by atoms with Gasteiger partial charge in [0.15, 0.2) is 0 Å². The molecular formula is C19H27N3O2. The number of imidazole rings is 1. The molecule has 5 heteroatoms. The average Bonchev–Trinajstić information content (AvgIpc) is 3.02. The summed E-state index contributed by atoms with van der Waals surface area (Å²) in [5.41, 5.74) is 2.43. The molecule has 1 aromatic carbocycles. The summed E-state index contributed by atoms with van der Waals surface area (Å²) in [5, 5.41) is 0. The van der Waals surface area contributed by atoms with Crippen molar-refractivity contribution in [1.82, 2.24) is 14.5 Å². The number of benzene rings is 1. The molecule has 0 spiro atoms. The van der Waals surface area contributed by atoms with Crippen molar-refractivity contribution in [3.05, 3.63) is 47.5 Å². The number of ether oxygens (including phenoxy) is 2. The van der Waals surface area contributed by atoms with Gasteiger partial charge >= 0.3 is 0 Å². The predicted octanol–water partition coefficient (Wildman–Crippen LogP) is 2.95. The highest BCUT2D eigenvalue weighted by molar-refractivity contribution is 5.37. The largest absolute Gasteiger partial charge is 0.496 e. The molecule has 1 saturated heterocycles. The first-order valence-electron chi connectivity index (χ1n) is 8.55. The van der Waals surface area contributed by atoms with Crippen molar-refractivity contribution in [3.8, 4) is 5.75 Å². The third-order valence-electron chi connectivity index (χ3n) is 4.86. The van der Waals surface area contributed by atoms with Crippen LogP contribution in [0.1, 0.15) is 35.7 Å². The number of likely N-dealkylation sites (tertiary alicyclic amines) is 1. The van der Waals surface area contributed by atoms with Crippen molar-refractivity contribution in [3.63, 3.8) is 0 Å². The van der Waals surface area contributed by atoms with Crippen LogP contribution < -0.4 is 4.74 Å². The Hall–Kier alpha value is -1.85. The number of aryl methyl sites for hydroxylation is 1. The number of nitrogens with zero attached hydrogens (tertiary/aromatic N) is 3. The molecule has 0 bridgehead atoms. The highest BCUT2D eigenvalue weighted by Crippen LogP contribution is 2.28. The van der Waals surface area contributed by atoms with E-state index in [1.54, 1.807) is 14.2 Å². The van der Waals surface area contributed by atoms with Gasteiger partial charge in [0.2, 0.25) is 0 Å². The first-order valence-corrected chi connectivity index (χ1v) is 8.55. The number of methoxy groups -OCH3 is 2. The van der Waals surface area contributed by atoms with Crippen LogP contribution in [0, 0.1) is 0 Å². The lowest BCUT2D eigenvalue weighted by Crippen LogP contribution is -2.33. The van der Waals surface area contributed by atoms with Gasteiger partial charge in [0.05, 0.1) is 13.7 Å². The molecule has 0 N–H and O–H groups in total. The van der Waals surface area contributed by atoms with Crippen LogP contribution in [0.5, 0.6) is 5.75 Å². The Balaban J connectivity index is 1.60. The number of hydrogen-bond donors (Lipinski definition) is 0. The van der Waals surface area contributed by atoms with Gasteiger partial charge < -0.3 is 14.0 Å². The maximum Gasteiger partial charge on any atom is 0.124 e. The van der Waals surface area contributed by atoms with E-state index in [2.05, 4.69) is 33.6 Å². The minimum atomic E-state index is 0.582. The molecule has 0 unspecified atom stereocenters.